The van der Waals surface area contributed by atoms with Crippen LogP contribution in [-0.4, -0.2) is 24.9 Å². The van der Waals surface area contributed by atoms with Crippen LogP contribution in [0.25, 0.3) is 0 Å². The molecule has 2 aromatic rings. The van der Waals surface area contributed by atoms with Crippen molar-refractivity contribution in [1.29, 1.82) is 0 Å². The molecule has 0 spiro atoms. The van der Waals surface area contributed by atoms with Crippen LogP contribution in [0.5, 0.6) is 0 Å². The molecule has 0 aliphatic heterocycles. The number of rotatable bonds is 4. The number of benzene rings is 1. The summed E-state index contributed by atoms with van der Waals surface area (Å²) < 4.78 is 5.24. The fourth-order valence-corrected chi connectivity index (χ4v) is 1.79. The van der Waals surface area contributed by atoms with E-state index < -0.39 is 0 Å². The SMILES string of the molecule is CN(C)C(=O)c1ccc(NCc2ccc(Cl)o2)cc1. The Hall–Kier alpha value is -1.94. The van der Waals surface area contributed by atoms with Gasteiger partial charge in [-0.2, -0.15) is 0 Å². The van der Waals surface area contributed by atoms with Crippen LogP contribution in [0.15, 0.2) is 40.8 Å². The summed E-state index contributed by atoms with van der Waals surface area (Å²) >= 11 is 5.69. The number of amides is 1. The molecule has 1 N–H and O–H groups in total. The first-order valence-corrected chi connectivity index (χ1v) is 6.24. The minimum absolute atomic E-state index is 0.00985. The molecule has 0 saturated carbocycles. The van der Waals surface area contributed by atoms with Crippen molar-refractivity contribution < 1.29 is 9.21 Å². The van der Waals surface area contributed by atoms with Crippen LogP contribution in [0, 0.1) is 0 Å². The first kappa shape index (κ1) is 13.5. The van der Waals surface area contributed by atoms with Gasteiger partial charge in [0.1, 0.15) is 5.76 Å². The van der Waals surface area contributed by atoms with Crippen LogP contribution < -0.4 is 5.32 Å². The normalized spacial score (nSPS) is 10.3. The Morgan fingerprint density at radius 2 is 1.89 bits per heavy atom. The molecule has 100 valence electrons. The van der Waals surface area contributed by atoms with Crippen molar-refractivity contribution in [2.45, 2.75) is 6.54 Å². The molecule has 0 bridgehead atoms. The van der Waals surface area contributed by atoms with Crippen molar-refractivity contribution in [3.8, 4) is 0 Å². The zero-order valence-corrected chi connectivity index (χ0v) is 11.6. The Morgan fingerprint density at radius 3 is 2.42 bits per heavy atom. The van der Waals surface area contributed by atoms with Gasteiger partial charge in [-0.3, -0.25) is 4.79 Å². The number of carbonyl (C=O) groups excluding carboxylic acids is 1. The summed E-state index contributed by atoms with van der Waals surface area (Å²) in [6.45, 7) is 0.549. The number of hydrogen-bond donors (Lipinski definition) is 1. The van der Waals surface area contributed by atoms with Gasteiger partial charge in [0, 0.05) is 25.3 Å². The average molecular weight is 279 g/mol. The predicted octanol–water partition coefficient (Wildman–Crippen LogP) is 3.25. The van der Waals surface area contributed by atoms with Crippen molar-refractivity contribution in [2.24, 2.45) is 0 Å². The van der Waals surface area contributed by atoms with Crippen LogP contribution in [0.2, 0.25) is 5.22 Å². The standard InChI is InChI=1S/C14H15ClN2O2/c1-17(2)14(18)10-3-5-11(6-4-10)16-9-12-7-8-13(15)19-12/h3-8,16H,9H2,1-2H3. The van der Waals surface area contributed by atoms with Gasteiger partial charge >= 0.3 is 0 Å². The highest BCUT2D eigenvalue weighted by Gasteiger charge is 2.07. The fraction of sp³-hybridized carbons (Fsp3) is 0.214. The van der Waals surface area contributed by atoms with Crippen molar-refractivity contribution in [2.75, 3.05) is 19.4 Å². The monoisotopic (exact) mass is 278 g/mol. The van der Waals surface area contributed by atoms with Crippen LogP contribution in [-0.2, 0) is 6.54 Å². The number of halogens is 1. The highest BCUT2D eigenvalue weighted by atomic mass is 35.5. The van der Waals surface area contributed by atoms with Crippen molar-refractivity contribution in [3.05, 3.63) is 52.9 Å². The molecule has 0 fully saturated rings. The summed E-state index contributed by atoms with van der Waals surface area (Å²) in [7, 11) is 3.46. The van der Waals surface area contributed by atoms with Crippen molar-refractivity contribution >= 4 is 23.2 Å². The van der Waals surface area contributed by atoms with Gasteiger partial charge in [-0.15, -0.1) is 0 Å². The van der Waals surface area contributed by atoms with Crippen molar-refractivity contribution in [1.82, 2.24) is 4.90 Å². The fourth-order valence-electron chi connectivity index (χ4n) is 1.62. The first-order chi connectivity index (χ1) is 9.06. The largest absolute Gasteiger partial charge is 0.448 e. The molecule has 1 aromatic carbocycles. The summed E-state index contributed by atoms with van der Waals surface area (Å²) in [6, 6.07) is 10.8. The number of nitrogens with zero attached hydrogens (tertiary/aromatic N) is 1. The molecule has 4 nitrogen and oxygen atoms in total. The number of nitrogens with one attached hydrogen (secondary N) is 1. The van der Waals surface area contributed by atoms with E-state index in [1.165, 1.54) is 0 Å². The Kier molecular flexibility index (Phi) is 4.12. The van der Waals surface area contributed by atoms with Crippen LogP contribution in [0.3, 0.4) is 0 Å². The number of hydrogen-bond acceptors (Lipinski definition) is 3. The lowest BCUT2D eigenvalue weighted by Crippen LogP contribution is -2.21. The first-order valence-electron chi connectivity index (χ1n) is 5.86. The average Bonchev–Trinajstić information content (AvgIpc) is 2.82. The number of anilines is 1. The van der Waals surface area contributed by atoms with E-state index in [2.05, 4.69) is 5.32 Å². The molecule has 19 heavy (non-hydrogen) atoms. The molecule has 0 saturated heterocycles. The van der Waals surface area contributed by atoms with Gasteiger partial charge in [-0.1, -0.05) is 0 Å². The smallest absolute Gasteiger partial charge is 0.253 e. The summed E-state index contributed by atoms with van der Waals surface area (Å²) in [5.41, 5.74) is 1.58. The molecule has 5 heteroatoms. The van der Waals surface area contributed by atoms with Gasteiger partial charge in [0.05, 0.1) is 6.54 Å². The van der Waals surface area contributed by atoms with E-state index in [0.29, 0.717) is 17.3 Å². The second-order valence-corrected chi connectivity index (χ2v) is 4.71. The Balaban J connectivity index is 1.97. The lowest BCUT2D eigenvalue weighted by molar-refractivity contribution is 0.0827. The summed E-state index contributed by atoms with van der Waals surface area (Å²) in [6.07, 6.45) is 0. The third-order valence-electron chi connectivity index (χ3n) is 2.63. The van der Waals surface area contributed by atoms with E-state index in [0.717, 1.165) is 11.4 Å². The number of carbonyl (C=O) groups is 1. The summed E-state index contributed by atoms with van der Waals surface area (Å²) in [4.78, 5) is 13.3. The van der Waals surface area contributed by atoms with Gasteiger partial charge < -0.3 is 14.6 Å². The highest BCUT2D eigenvalue weighted by molar-refractivity contribution is 6.28. The van der Waals surface area contributed by atoms with Gasteiger partial charge in [0.25, 0.3) is 5.91 Å². The molecule has 0 atom stereocenters. The minimum Gasteiger partial charge on any atom is -0.448 e. The molecule has 0 unspecified atom stereocenters. The lowest BCUT2D eigenvalue weighted by Gasteiger charge is -2.11. The zero-order valence-electron chi connectivity index (χ0n) is 10.8. The Labute approximate surface area is 117 Å². The highest BCUT2D eigenvalue weighted by Crippen LogP contribution is 2.16. The maximum absolute atomic E-state index is 11.7. The van der Waals surface area contributed by atoms with E-state index in [4.69, 9.17) is 16.0 Å². The van der Waals surface area contributed by atoms with Gasteiger partial charge in [0.15, 0.2) is 5.22 Å². The summed E-state index contributed by atoms with van der Waals surface area (Å²) in [5, 5.41) is 3.57. The van der Waals surface area contributed by atoms with Gasteiger partial charge in [-0.05, 0) is 48.0 Å². The third-order valence-corrected chi connectivity index (χ3v) is 2.84. The topological polar surface area (TPSA) is 45.5 Å². The number of furan rings is 1. The van der Waals surface area contributed by atoms with E-state index in [-0.39, 0.29) is 5.91 Å². The maximum atomic E-state index is 11.7. The van der Waals surface area contributed by atoms with Crippen LogP contribution >= 0.6 is 11.6 Å². The van der Waals surface area contributed by atoms with E-state index >= 15 is 0 Å². The van der Waals surface area contributed by atoms with Gasteiger partial charge in [0.2, 0.25) is 0 Å². The molecule has 1 aromatic heterocycles. The Morgan fingerprint density at radius 1 is 1.21 bits per heavy atom. The molecular formula is C14H15ClN2O2. The second kappa shape index (κ2) is 5.80. The lowest BCUT2D eigenvalue weighted by atomic mass is 10.2. The van der Waals surface area contributed by atoms with Crippen LogP contribution in [0.4, 0.5) is 5.69 Å². The third kappa shape index (κ3) is 3.51. The molecule has 2 rings (SSSR count). The van der Waals surface area contributed by atoms with Crippen molar-refractivity contribution in [3.63, 3.8) is 0 Å². The maximum Gasteiger partial charge on any atom is 0.253 e. The molecule has 0 aliphatic rings. The zero-order chi connectivity index (χ0) is 13.8. The van der Waals surface area contributed by atoms with E-state index in [1.807, 2.05) is 18.2 Å². The second-order valence-electron chi connectivity index (χ2n) is 4.34. The molecule has 0 aliphatic carbocycles. The molecule has 0 radical (unpaired) electrons. The van der Waals surface area contributed by atoms with Crippen LogP contribution in [0.1, 0.15) is 16.1 Å². The van der Waals surface area contributed by atoms with Gasteiger partial charge in [-0.25, -0.2) is 0 Å². The Bertz CT molecular complexity index is 561. The molecule has 1 heterocycles. The molecular weight excluding hydrogens is 264 g/mol. The predicted molar refractivity (Wildman–Crippen MR) is 75.5 cm³/mol. The van der Waals surface area contributed by atoms with E-state index in [1.54, 1.807) is 37.2 Å². The quantitative estimate of drug-likeness (QED) is 0.934. The van der Waals surface area contributed by atoms with E-state index in [9.17, 15) is 4.79 Å². The molecule has 1 amide bonds. The minimum atomic E-state index is -0.00985. The summed E-state index contributed by atoms with van der Waals surface area (Å²) in [5.74, 6) is 0.753.